The summed E-state index contributed by atoms with van der Waals surface area (Å²) >= 11 is 0. The van der Waals surface area contributed by atoms with E-state index in [9.17, 15) is 4.79 Å². The number of ether oxygens (including phenoxy) is 1. The molecule has 0 fully saturated rings. The van der Waals surface area contributed by atoms with Crippen molar-refractivity contribution in [2.24, 2.45) is 0 Å². The van der Waals surface area contributed by atoms with Gasteiger partial charge in [0.2, 0.25) is 0 Å². The first-order valence-electron chi connectivity index (χ1n) is 9.78. The van der Waals surface area contributed by atoms with Crippen molar-refractivity contribution in [1.29, 1.82) is 0 Å². The minimum absolute atomic E-state index is 0.475. The van der Waals surface area contributed by atoms with Gasteiger partial charge in [-0.2, -0.15) is 0 Å². The van der Waals surface area contributed by atoms with Gasteiger partial charge in [-0.1, -0.05) is 54.6 Å². The smallest absolute Gasteiger partial charge is 0.328 e. The van der Waals surface area contributed by atoms with Gasteiger partial charge in [-0.3, -0.25) is 0 Å². The number of rotatable bonds is 7. The Labute approximate surface area is 180 Å². The number of hydrogen-bond acceptors (Lipinski definition) is 4. The van der Waals surface area contributed by atoms with E-state index in [-0.39, 0.29) is 0 Å². The molecule has 0 aliphatic carbocycles. The second-order valence-corrected chi connectivity index (χ2v) is 6.87. The maximum absolute atomic E-state index is 11.1. The Balaban J connectivity index is 1.67. The van der Waals surface area contributed by atoms with Crippen molar-refractivity contribution in [2.45, 2.75) is 6.61 Å². The zero-order valence-corrected chi connectivity index (χ0v) is 16.7. The molecule has 31 heavy (non-hydrogen) atoms. The molecule has 5 nitrogen and oxygen atoms in total. The van der Waals surface area contributed by atoms with Gasteiger partial charge in [0.15, 0.2) is 0 Å². The van der Waals surface area contributed by atoms with Crippen LogP contribution in [0.2, 0.25) is 0 Å². The molecule has 4 aromatic rings. The van der Waals surface area contributed by atoms with Crippen LogP contribution in [0.15, 0.2) is 97.5 Å². The fourth-order valence-corrected chi connectivity index (χ4v) is 3.24. The molecular formula is C26H20N2O3. The van der Waals surface area contributed by atoms with Crippen LogP contribution in [-0.4, -0.2) is 21.0 Å². The first kappa shape index (κ1) is 20.0. The standard InChI is InChI=1S/C26H20N2O3/c29-26(30)12-10-21-15-22(25-13-14-27-18-28-25)9-11-24(21)20-7-4-8-23(16-20)31-17-19-5-2-1-3-6-19/h1-16,18H,17H2,(H,29,30). The maximum Gasteiger partial charge on any atom is 0.328 e. The molecule has 0 aliphatic heterocycles. The maximum atomic E-state index is 11.1. The Morgan fingerprint density at radius 2 is 1.81 bits per heavy atom. The molecule has 152 valence electrons. The van der Waals surface area contributed by atoms with E-state index in [1.54, 1.807) is 12.3 Å². The van der Waals surface area contributed by atoms with Gasteiger partial charge in [-0.15, -0.1) is 0 Å². The van der Waals surface area contributed by atoms with Crippen LogP contribution in [0.1, 0.15) is 11.1 Å². The van der Waals surface area contributed by atoms with Gasteiger partial charge < -0.3 is 9.84 Å². The molecule has 0 spiro atoms. The highest BCUT2D eigenvalue weighted by Crippen LogP contribution is 2.31. The molecule has 5 heteroatoms. The second kappa shape index (κ2) is 9.50. The highest BCUT2D eigenvalue weighted by molar-refractivity contribution is 5.89. The summed E-state index contributed by atoms with van der Waals surface area (Å²) in [4.78, 5) is 19.4. The Hall–Kier alpha value is -4.25. The number of carboxylic acid groups (broad SMARTS) is 1. The van der Waals surface area contributed by atoms with E-state index < -0.39 is 5.97 Å². The molecule has 0 radical (unpaired) electrons. The third kappa shape index (κ3) is 5.22. The van der Waals surface area contributed by atoms with Crippen LogP contribution in [0.25, 0.3) is 28.5 Å². The van der Waals surface area contributed by atoms with Crippen LogP contribution < -0.4 is 4.74 Å². The molecule has 0 aliphatic rings. The Morgan fingerprint density at radius 1 is 0.935 bits per heavy atom. The molecule has 1 aromatic heterocycles. The van der Waals surface area contributed by atoms with Gasteiger partial charge in [0.25, 0.3) is 0 Å². The van der Waals surface area contributed by atoms with Gasteiger partial charge >= 0.3 is 5.97 Å². The number of benzene rings is 3. The Bertz CT molecular complexity index is 1210. The lowest BCUT2D eigenvalue weighted by atomic mass is 9.96. The molecule has 0 atom stereocenters. The summed E-state index contributed by atoms with van der Waals surface area (Å²) in [5.74, 6) is -0.257. The van der Waals surface area contributed by atoms with E-state index in [4.69, 9.17) is 9.84 Å². The number of hydrogen-bond donors (Lipinski definition) is 1. The number of aromatic nitrogens is 2. The number of carbonyl (C=O) groups is 1. The minimum atomic E-state index is -1.00. The molecular weight excluding hydrogens is 388 g/mol. The lowest BCUT2D eigenvalue weighted by molar-refractivity contribution is -0.131. The van der Waals surface area contributed by atoms with Crippen LogP contribution in [-0.2, 0) is 11.4 Å². The topological polar surface area (TPSA) is 72.3 Å². The molecule has 0 amide bonds. The predicted octanol–water partition coefficient (Wildman–Crippen LogP) is 5.49. The summed E-state index contributed by atoms with van der Waals surface area (Å²) in [6.07, 6.45) is 5.90. The van der Waals surface area contributed by atoms with E-state index in [2.05, 4.69) is 9.97 Å². The fourth-order valence-electron chi connectivity index (χ4n) is 3.24. The van der Waals surface area contributed by atoms with Gasteiger partial charge in [-0.25, -0.2) is 14.8 Å². The molecule has 0 bridgehead atoms. The van der Waals surface area contributed by atoms with Crippen molar-refractivity contribution >= 4 is 12.0 Å². The lowest BCUT2D eigenvalue weighted by Gasteiger charge is -2.12. The molecule has 0 unspecified atom stereocenters. The molecule has 4 rings (SSSR count). The quantitative estimate of drug-likeness (QED) is 0.410. The van der Waals surface area contributed by atoms with E-state index in [0.717, 1.165) is 45.3 Å². The van der Waals surface area contributed by atoms with Crippen LogP contribution in [0.3, 0.4) is 0 Å². The monoisotopic (exact) mass is 408 g/mol. The highest BCUT2D eigenvalue weighted by Gasteiger charge is 2.09. The van der Waals surface area contributed by atoms with Crippen molar-refractivity contribution in [3.05, 3.63) is 109 Å². The van der Waals surface area contributed by atoms with Crippen molar-refractivity contribution in [3.63, 3.8) is 0 Å². The summed E-state index contributed by atoms with van der Waals surface area (Å²) in [7, 11) is 0. The van der Waals surface area contributed by atoms with E-state index in [1.165, 1.54) is 6.33 Å². The summed E-state index contributed by atoms with van der Waals surface area (Å²) in [5, 5.41) is 9.12. The van der Waals surface area contributed by atoms with Crippen molar-refractivity contribution < 1.29 is 14.6 Å². The normalized spacial score (nSPS) is 10.8. The summed E-state index contributed by atoms with van der Waals surface area (Å²) in [6, 6.07) is 25.4. The van der Waals surface area contributed by atoms with Crippen LogP contribution in [0.5, 0.6) is 5.75 Å². The fraction of sp³-hybridized carbons (Fsp3) is 0.0385. The molecule has 0 saturated carbocycles. The van der Waals surface area contributed by atoms with E-state index in [1.807, 2.05) is 78.9 Å². The number of aliphatic carboxylic acids is 1. The van der Waals surface area contributed by atoms with Crippen LogP contribution in [0.4, 0.5) is 0 Å². The molecule has 1 heterocycles. The predicted molar refractivity (Wildman–Crippen MR) is 120 cm³/mol. The Morgan fingerprint density at radius 3 is 2.58 bits per heavy atom. The Kier molecular flexibility index (Phi) is 6.14. The molecule has 0 saturated heterocycles. The average molecular weight is 408 g/mol. The summed E-state index contributed by atoms with van der Waals surface area (Å²) in [6.45, 7) is 0.475. The zero-order valence-electron chi connectivity index (χ0n) is 16.7. The van der Waals surface area contributed by atoms with E-state index >= 15 is 0 Å². The molecule has 3 aromatic carbocycles. The van der Waals surface area contributed by atoms with Crippen molar-refractivity contribution in [3.8, 4) is 28.1 Å². The van der Waals surface area contributed by atoms with Crippen LogP contribution in [0, 0.1) is 0 Å². The largest absolute Gasteiger partial charge is 0.489 e. The van der Waals surface area contributed by atoms with Gasteiger partial charge in [0.05, 0.1) is 5.69 Å². The highest BCUT2D eigenvalue weighted by atomic mass is 16.5. The molecule has 1 N–H and O–H groups in total. The first-order valence-corrected chi connectivity index (χ1v) is 9.78. The summed E-state index contributed by atoms with van der Waals surface area (Å²) in [5.41, 5.74) is 5.36. The third-order valence-corrected chi connectivity index (χ3v) is 4.73. The lowest BCUT2D eigenvalue weighted by Crippen LogP contribution is -1.95. The number of nitrogens with zero attached hydrogens (tertiary/aromatic N) is 2. The van der Waals surface area contributed by atoms with Crippen LogP contribution >= 0.6 is 0 Å². The van der Waals surface area contributed by atoms with Gasteiger partial charge in [0.1, 0.15) is 18.7 Å². The first-order chi connectivity index (χ1) is 15.2. The average Bonchev–Trinajstić information content (AvgIpc) is 2.82. The third-order valence-electron chi connectivity index (χ3n) is 4.73. The minimum Gasteiger partial charge on any atom is -0.489 e. The zero-order chi connectivity index (χ0) is 21.5. The SMILES string of the molecule is O=C(O)C=Cc1cc(-c2ccncn2)ccc1-c1cccc(OCc2ccccc2)c1. The number of carboxylic acids is 1. The van der Waals surface area contributed by atoms with Gasteiger partial charge in [0, 0.05) is 17.8 Å². The summed E-state index contributed by atoms with van der Waals surface area (Å²) < 4.78 is 5.96. The van der Waals surface area contributed by atoms with Gasteiger partial charge in [-0.05, 0) is 52.6 Å². The van der Waals surface area contributed by atoms with Crippen molar-refractivity contribution in [2.75, 3.05) is 0 Å². The van der Waals surface area contributed by atoms with E-state index in [0.29, 0.717) is 6.61 Å². The van der Waals surface area contributed by atoms with Crippen molar-refractivity contribution in [1.82, 2.24) is 9.97 Å². The second-order valence-electron chi connectivity index (χ2n) is 6.87.